The summed E-state index contributed by atoms with van der Waals surface area (Å²) in [5.41, 5.74) is 10.3. The first-order valence-corrected chi connectivity index (χ1v) is 8.76. The van der Waals surface area contributed by atoms with E-state index < -0.39 is 0 Å². The summed E-state index contributed by atoms with van der Waals surface area (Å²) >= 11 is 0. The van der Waals surface area contributed by atoms with Crippen LogP contribution in [-0.2, 0) is 0 Å². The predicted octanol–water partition coefficient (Wildman–Crippen LogP) is 3.40. The average Bonchev–Trinajstić information content (AvgIpc) is 3.09. The third-order valence-corrected chi connectivity index (χ3v) is 4.94. The SMILES string of the molecule is COc1ccc(C2Oc3ncnc(N)c3C2c2ccc(N(C)C)cc2)cc1. The van der Waals surface area contributed by atoms with Crippen LogP contribution in [0.5, 0.6) is 11.6 Å². The Morgan fingerprint density at radius 1 is 0.963 bits per heavy atom. The van der Waals surface area contributed by atoms with Crippen LogP contribution in [0.15, 0.2) is 54.9 Å². The van der Waals surface area contributed by atoms with Gasteiger partial charge < -0.3 is 20.1 Å². The van der Waals surface area contributed by atoms with Crippen LogP contribution in [0.1, 0.15) is 28.7 Å². The van der Waals surface area contributed by atoms with E-state index in [2.05, 4.69) is 39.1 Å². The fraction of sp³-hybridized carbons (Fsp3) is 0.238. The maximum absolute atomic E-state index is 6.21. The van der Waals surface area contributed by atoms with Gasteiger partial charge in [0.2, 0.25) is 5.88 Å². The van der Waals surface area contributed by atoms with Crippen molar-refractivity contribution in [1.82, 2.24) is 9.97 Å². The quantitative estimate of drug-likeness (QED) is 0.767. The van der Waals surface area contributed by atoms with Crippen molar-refractivity contribution in [3.63, 3.8) is 0 Å². The molecule has 4 rings (SSSR count). The fourth-order valence-electron chi connectivity index (χ4n) is 3.49. The normalized spacial score (nSPS) is 17.9. The van der Waals surface area contributed by atoms with Crippen LogP contribution in [0, 0.1) is 0 Å². The third-order valence-electron chi connectivity index (χ3n) is 4.94. The second kappa shape index (κ2) is 6.79. The highest BCUT2D eigenvalue weighted by atomic mass is 16.5. The Bertz CT molecular complexity index is 939. The van der Waals surface area contributed by atoms with Gasteiger partial charge in [0.05, 0.1) is 18.6 Å². The molecule has 1 aromatic heterocycles. The highest BCUT2D eigenvalue weighted by Crippen LogP contribution is 2.50. The molecule has 0 aliphatic carbocycles. The smallest absolute Gasteiger partial charge is 0.223 e. The maximum atomic E-state index is 6.21. The van der Waals surface area contributed by atoms with E-state index in [1.54, 1.807) is 7.11 Å². The molecule has 0 spiro atoms. The lowest BCUT2D eigenvalue weighted by atomic mass is 9.85. The van der Waals surface area contributed by atoms with Gasteiger partial charge in [0, 0.05) is 19.8 Å². The van der Waals surface area contributed by atoms with Crippen LogP contribution in [0.4, 0.5) is 11.5 Å². The molecule has 2 heterocycles. The van der Waals surface area contributed by atoms with Crippen molar-refractivity contribution in [2.75, 3.05) is 31.8 Å². The molecule has 0 saturated carbocycles. The molecule has 0 fully saturated rings. The predicted molar refractivity (Wildman–Crippen MR) is 105 cm³/mol. The Hall–Kier alpha value is -3.28. The molecular weight excluding hydrogens is 340 g/mol. The number of ether oxygens (including phenoxy) is 2. The van der Waals surface area contributed by atoms with Gasteiger partial charge in [0.15, 0.2) is 0 Å². The molecule has 2 N–H and O–H groups in total. The Balaban J connectivity index is 1.79. The van der Waals surface area contributed by atoms with Gasteiger partial charge in [-0.05, 0) is 35.4 Å². The summed E-state index contributed by atoms with van der Waals surface area (Å²) in [4.78, 5) is 10.6. The number of hydrogen-bond donors (Lipinski definition) is 1. The second-order valence-corrected chi connectivity index (χ2v) is 6.75. The molecule has 0 radical (unpaired) electrons. The first kappa shape index (κ1) is 17.1. The number of hydrogen-bond acceptors (Lipinski definition) is 6. The van der Waals surface area contributed by atoms with Gasteiger partial charge in [0.25, 0.3) is 0 Å². The Morgan fingerprint density at radius 3 is 2.26 bits per heavy atom. The van der Waals surface area contributed by atoms with Crippen molar-refractivity contribution >= 4 is 11.5 Å². The van der Waals surface area contributed by atoms with Gasteiger partial charge in [0.1, 0.15) is 24.0 Å². The van der Waals surface area contributed by atoms with Gasteiger partial charge >= 0.3 is 0 Å². The minimum atomic E-state index is -0.227. The summed E-state index contributed by atoms with van der Waals surface area (Å²) in [6, 6.07) is 16.3. The summed E-state index contributed by atoms with van der Waals surface area (Å²) in [7, 11) is 5.70. The number of nitrogens with two attached hydrogens (primary N) is 1. The number of anilines is 2. The largest absolute Gasteiger partial charge is 0.497 e. The van der Waals surface area contributed by atoms with Gasteiger partial charge in [-0.2, -0.15) is 0 Å². The highest BCUT2D eigenvalue weighted by molar-refractivity contribution is 5.57. The first-order chi connectivity index (χ1) is 13.1. The number of methoxy groups -OCH3 is 1. The summed E-state index contributed by atoms with van der Waals surface area (Å²) in [5, 5.41) is 0. The number of nitrogens with zero attached hydrogens (tertiary/aromatic N) is 3. The third kappa shape index (κ3) is 3.03. The van der Waals surface area contributed by atoms with Crippen molar-refractivity contribution in [2.24, 2.45) is 0 Å². The molecular formula is C21H22N4O2. The van der Waals surface area contributed by atoms with E-state index in [0.29, 0.717) is 11.7 Å². The summed E-state index contributed by atoms with van der Waals surface area (Å²) in [6.07, 6.45) is 1.21. The average molecular weight is 362 g/mol. The van der Waals surface area contributed by atoms with Gasteiger partial charge in [-0.15, -0.1) is 0 Å². The maximum Gasteiger partial charge on any atom is 0.223 e. The molecule has 2 aromatic carbocycles. The zero-order chi connectivity index (χ0) is 19.0. The molecule has 138 valence electrons. The zero-order valence-electron chi connectivity index (χ0n) is 15.6. The topological polar surface area (TPSA) is 73.5 Å². The van der Waals surface area contributed by atoms with Crippen molar-refractivity contribution in [3.05, 3.63) is 71.5 Å². The molecule has 3 aromatic rings. The molecule has 1 aliphatic heterocycles. The van der Waals surface area contributed by atoms with Crippen LogP contribution >= 0.6 is 0 Å². The van der Waals surface area contributed by atoms with Gasteiger partial charge in [-0.25, -0.2) is 9.97 Å². The van der Waals surface area contributed by atoms with Crippen LogP contribution in [-0.4, -0.2) is 31.2 Å². The Morgan fingerprint density at radius 2 is 1.63 bits per heavy atom. The standard InChI is InChI=1S/C21H22N4O2/c1-25(2)15-8-4-13(5-9-15)17-18-20(22)23-12-24-21(18)27-19(17)14-6-10-16(26-3)11-7-14/h4-12,17,19H,1-3H3,(H2,22,23,24). The van der Waals surface area contributed by atoms with E-state index >= 15 is 0 Å². The lowest BCUT2D eigenvalue weighted by Gasteiger charge is -2.21. The molecule has 6 heteroatoms. The zero-order valence-corrected chi connectivity index (χ0v) is 15.6. The summed E-state index contributed by atoms with van der Waals surface area (Å²) in [6.45, 7) is 0. The van der Waals surface area contributed by atoms with Crippen molar-refractivity contribution in [3.8, 4) is 11.6 Å². The van der Waals surface area contributed by atoms with E-state index in [4.69, 9.17) is 15.2 Å². The van der Waals surface area contributed by atoms with Crippen LogP contribution in [0.3, 0.4) is 0 Å². The monoisotopic (exact) mass is 362 g/mol. The van der Waals surface area contributed by atoms with Crippen molar-refractivity contribution < 1.29 is 9.47 Å². The number of nitrogen functional groups attached to an aromatic ring is 1. The molecule has 1 aliphatic rings. The Labute approximate surface area is 158 Å². The molecule has 2 atom stereocenters. The van der Waals surface area contributed by atoms with E-state index in [1.165, 1.54) is 6.33 Å². The molecule has 2 unspecified atom stereocenters. The number of rotatable bonds is 4. The van der Waals surface area contributed by atoms with Gasteiger partial charge in [-0.3, -0.25) is 0 Å². The van der Waals surface area contributed by atoms with Crippen molar-refractivity contribution in [1.29, 1.82) is 0 Å². The number of fused-ring (bicyclic) bond motifs is 1. The number of aromatic nitrogens is 2. The minimum absolute atomic E-state index is 0.0780. The lowest BCUT2D eigenvalue weighted by molar-refractivity contribution is 0.215. The van der Waals surface area contributed by atoms with Crippen molar-refractivity contribution in [2.45, 2.75) is 12.0 Å². The first-order valence-electron chi connectivity index (χ1n) is 8.76. The van der Waals surface area contributed by atoms with E-state index in [-0.39, 0.29) is 12.0 Å². The number of benzene rings is 2. The van der Waals surface area contributed by atoms with Crippen LogP contribution in [0.25, 0.3) is 0 Å². The molecule has 0 bridgehead atoms. The van der Waals surface area contributed by atoms with Crippen LogP contribution < -0.4 is 20.1 Å². The highest BCUT2D eigenvalue weighted by Gasteiger charge is 2.39. The second-order valence-electron chi connectivity index (χ2n) is 6.75. The molecule has 27 heavy (non-hydrogen) atoms. The lowest BCUT2D eigenvalue weighted by Crippen LogP contribution is -2.13. The summed E-state index contributed by atoms with van der Waals surface area (Å²) < 4.78 is 11.5. The molecule has 0 amide bonds. The van der Waals surface area contributed by atoms with Crippen LogP contribution in [0.2, 0.25) is 0 Å². The molecule has 6 nitrogen and oxygen atoms in total. The molecule has 0 saturated heterocycles. The van der Waals surface area contributed by atoms with E-state index in [0.717, 1.165) is 28.1 Å². The minimum Gasteiger partial charge on any atom is -0.497 e. The fourth-order valence-corrected chi connectivity index (χ4v) is 3.49. The van der Waals surface area contributed by atoms with E-state index in [9.17, 15) is 0 Å². The van der Waals surface area contributed by atoms with Gasteiger partial charge in [-0.1, -0.05) is 24.3 Å². The Kier molecular flexibility index (Phi) is 4.32. The van der Waals surface area contributed by atoms with E-state index in [1.807, 2.05) is 38.4 Å². The summed E-state index contributed by atoms with van der Waals surface area (Å²) in [5.74, 6) is 1.73.